The van der Waals surface area contributed by atoms with E-state index in [9.17, 15) is 19.2 Å². The van der Waals surface area contributed by atoms with E-state index >= 15 is 0 Å². The Hall–Kier alpha value is -6.70. The van der Waals surface area contributed by atoms with E-state index in [4.69, 9.17) is 9.72 Å². The van der Waals surface area contributed by atoms with Gasteiger partial charge in [-0.2, -0.15) is 0 Å². The molecule has 1 fully saturated rings. The Labute approximate surface area is 341 Å². The molecule has 2 aromatic heterocycles. The van der Waals surface area contributed by atoms with Crippen LogP contribution in [0.5, 0.6) is 5.75 Å². The topological polar surface area (TPSA) is 175 Å². The van der Waals surface area contributed by atoms with Crippen molar-refractivity contribution in [1.29, 1.82) is 0 Å². The number of H-pyrrole nitrogens is 2. The minimum atomic E-state index is -0.775. The lowest BCUT2D eigenvalue weighted by Crippen LogP contribution is -2.43. The average Bonchev–Trinajstić information content (AvgIpc) is 3.87. The molecule has 0 unspecified atom stereocenters. The summed E-state index contributed by atoms with van der Waals surface area (Å²) in [5.41, 5.74) is 7.27. The number of ether oxygens (including phenoxy) is 2. The molecule has 4 aromatic carbocycles. The van der Waals surface area contributed by atoms with Crippen LogP contribution in [0.2, 0.25) is 0 Å². The summed E-state index contributed by atoms with van der Waals surface area (Å²) in [6.07, 6.45) is 4.33. The molecule has 2 aliphatic rings. The Morgan fingerprint density at radius 2 is 1.68 bits per heavy atom. The lowest BCUT2D eigenvalue weighted by molar-refractivity contribution is -0.137. The maximum Gasteiger partial charge on any atom is 0.407 e. The first-order valence-electron chi connectivity index (χ1n) is 20.2. The molecule has 0 spiro atoms. The minimum Gasteiger partial charge on any atom is -0.488 e. The second-order valence-corrected chi connectivity index (χ2v) is 15.2. The highest BCUT2D eigenvalue weighted by molar-refractivity contribution is 6.07. The van der Waals surface area contributed by atoms with Crippen LogP contribution in [0.4, 0.5) is 4.79 Å². The fourth-order valence-corrected chi connectivity index (χ4v) is 7.68. The van der Waals surface area contributed by atoms with Gasteiger partial charge in [0.1, 0.15) is 36.6 Å². The van der Waals surface area contributed by atoms with E-state index in [1.807, 2.05) is 56.3 Å². The van der Waals surface area contributed by atoms with E-state index in [2.05, 4.69) is 60.7 Å². The third-order valence-electron chi connectivity index (χ3n) is 10.9. The van der Waals surface area contributed by atoms with Gasteiger partial charge in [0.25, 0.3) is 0 Å². The van der Waals surface area contributed by atoms with E-state index in [-0.39, 0.29) is 43.3 Å². The van der Waals surface area contributed by atoms with Crippen molar-refractivity contribution in [2.45, 2.75) is 65.3 Å². The Kier molecular flexibility index (Phi) is 11.3. The van der Waals surface area contributed by atoms with Crippen molar-refractivity contribution < 1.29 is 28.7 Å². The largest absolute Gasteiger partial charge is 0.488 e. The summed E-state index contributed by atoms with van der Waals surface area (Å²) in [5, 5.41) is 7.44. The van der Waals surface area contributed by atoms with E-state index < -0.39 is 12.1 Å². The van der Waals surface area contributed by atoms with Crippen LogP contribution in [0.25, 0.3) is 44.2 Å². The molecule has 0 saturated heterocycles. The Bertz CT molecular complexity index is 2530. The summed E-state index contributed by atoms with van der Waals surface area (Å²) in [6.45, 7) is 5.82. The summed E-state index contributed by atoms with van der Waals surface area (Å²) in [5.74, 6) is 1.58. The number of nitrogens with one attached hydrogen (secondary N) is 4. The molecule has 14 heteroatoms. The van der Waals surface area contributed by atoms with E-state index in [0.29, 0.717) is 31.3 Å². The Balaban J connectivity index is 1.01. The van der Waals surface area contributed by atoms with Crippen molar-refractivity contribution in [3.63, 3.8) is 0 Å². The fourth-order valence-electron chi connectivity index (χ4n) is 7.68. The summed E-state index contributed by atoms with van der Waals surface area (Å²) < 4.78 is 11.0. The first-order valence-corrected chi connectivity index (χ1v) is 20.2. The van der Waals surface area contributed by atoms with E-state index in [1.54, 1.807) is 16.0 Å². The van der Waals surface area contributed by atoms with Gasteiger partial charge in [0.05, 0.1) is 43.1 Å². The summed E-state index contributed by atoms with van der Waals surface area (Å²) in [6, 6.07) is 23.2. The predicted molar refractivity (Wildman–Crippen MR) is 223 cm³/mol. The zero-order valence-corrected chi connectivity index (χ0v) is 33.5. The molecule has 8 rings (SSSR count). The van der Waals surface area contributed by atoms with Crippen LogP contribution >= 0.6 is 0 Å². The van der Waals surface area contributed by atoms with Gasteiger partial charge in [-0.15, -0.1) is 0 Å². The standard InChI is InChI=1S/C45H48N8O6/c1-4-17-52(40(54)23-47-45(57)58-3)24-38-46-22-36(49-38)30-13-15-32-31(19-30)26-59-37-21-33-29(20-34(32)37)14-16-35-42(33)50-39(48-35)25-53(18-5-2)44(56)41(27-9-7-6-8-10-27)51-43(55)28-11-12-28/h6-10,13-16,19-22,28,41H,4-5,11-12,17-18,23-26H2,1-3H3,(H,46,49)(H,47,57)(H,48,50)(H,51,55)/t41-/m1/s1. The third-order valence-corrected chi connectivity index (χ3v) is 10.9. The molecule has 1 aliphatic heterocycles. The number of carbonyl (C=O) groups excluding carboxylic acids is 4. The van der Waals surface area contributed by atoms with Crippen molar-refractivity contribution in [2.75, 3.05) is 26.7 Å². The highest BCUT2D eigenvalue weighted by Crippen LogP contribution is 2.42. The summed E-state index contributed by atoms with van der Waals surface area (Å²) in [7, 11) is 1.26. The number of rotatable bonds is 15. The van der Waals surface area contributed by atoms with E-state index in [0.717, 1.165) is 86.7 Å². The molecule has 0 bridgehead atoms. The van der Waals surface area contributed by atoms with Gasteiger partial charge < -0.3 is 39.9 Å². The molecule has 304 valence electrons. The number of imidazole rings is 2. The van der Waals surface area contributed by atoms with Crippen molar-refractivity contribution in [2.24, 2.45) is 5.92 Å². The number of fused-ring (bicyclic) bond motifs is 6. The van der Waals surface area contributed by atoms with Crippen LogP contribution in [0.1, 0.15) is 68.3 Å². The van der Waals surface area contributed by atoms with Crippen molar-refractivity contribution in [3.8, 4) is 28.1 Å². The smallest absolute Gasteiger partial charge is 0.407 e. The molecule has 4 N–H and O–H groups in total. The molecular weight excluding hydrogens is 749 g/mol. The number of hydrogen-bond donors (Lipinski definition) is 4. The lowest BCUT2D eigenvalue weighted by atomic mass is 9.92. The number of carbonyl (C=O) groups is 4. The van der Waals surface area contributed by atoms with Crippen LogP contribution in [-0.2, 0) is 38.8 Å². The van der Waals surface area contributed by atoms with Gasteiger partial charge in [0, 0.05) is 30.0 Å². The average molecular weight is 797 g/mol. The van der Waals surface area contributed by atoms with Crippen LogP contribution in [-0.4, -0.2) is 80.3 Å². The van der Waals surface area contributed by atoms with Crippen LogP contribution < -0.4 is 15.4 Å². The van der Waals surface area contributed by atoms with Crippen LogP contribution in [0, 0.1) is 5.92 Å². The molecule has 1 atom stereocenters. The normalized spacial score (nSPS) is 13.5. The quantitative estimate of drug-likeness (QED) is 0.0882. The van der Waals surface area contributed by atoms with Crippen molar-refractivity contribution in [1.82, 2.24) is 40.4 Å². The zero-order chi connectivity index (χ0) is 41.0. The molecule has 4 amide bonds. The van der Waals surface area contributed by atoms with Crippen molar-refractivity contribution >= 4 is 45.6 Å². The summed E-state index contributed by atoms with van der Waals surface area (Å²) in [4.78, 5) is 71.2. The highest BCUT2D eigenvalue weighted by atomic mass is 16.5. The van der Waals surface area contributed by atoms with Gasteiger partial charge >= 0.3 is 6.09 Å². The van der Waals surface area contributed by atoms with E-state index in [1.165, 1.54) is 7.11 Å². The number of methoxy groups -OCH3 is 1. The van der Waals surface area contributed by atoms with Gasteiger partial charge in [0.2, 0.25) is 17.7 Å². The minimum absolute atomic E-state index is 0.0207. The molecular formula is C45H48N8O6. The highest BCUT2D eigenvalue weighted by Gasteiger charge is 2.35. The fraction of sp³-hybridized carbons (Fsp3) is 0.333. The monoisotopic (exact) mass is 796 g/mol. The number of benzene rings is 4. The first-order chi connectivity index (χ1) is 28.7. The number of alkyl carbamates (subject to hydrolysis) is 1. The molecule has 14 nitrogen and oxygen atoms in total. The maximum atomic E-state index is 14.2. The predicted octanol–water partition coefficient (Wildman–Crippen LogP) is 6.77. The van der Waals surface area contributed by atoms with Crippen LogP contribution in [0.15, 0.2) is 79.0 Å². The SMILES string of the molecule is CCCN(Cc1ncc(-c2ccc3c(c2)COc2cc4c(ccc5[nH]c(CN(CCC)C(=O)[C@H](NC(=O)C6CC6)c6ccccc6)nc54)cc2-3)[nH]1)C(=O)CNC(=O)OC. The molecule has 1 saturated carbocycles. The Morgan fingerprint density at radius 1 is 0.898 bits per heavy atom. The number of aromatic amines is 2. The molecule has 1 aliphatic carbocycles. The number of aromatic nitrogens is 4. The van der Waals surface area contributed by atoms with Gasteiger partial charge in [-0.3, -0.25) is 14.4 Å². The first kappa shape index (κ1) is 39.1. The van der Waals surface area contributed by atoms with Crippen LogP contribution in [0.3, 0.4) is 0 Å². The molecule has 59 heavy (non-hydrogen) atoms. The lowest BCUT2D eigenvalue weighted by Gasteiger charge is -2.27. The molecule has 0 radical (unpaired) electrons. The summed E-state index contributed by atoms with van der Waals surface area (Å²) >= 11 is 0. The van der Waals surface area contributed by atoms with Gasteiger partial charge in [-0.05, 0) is 77.6 Å². The number of nitrogens with zero attached hydrogens (tertiary/aromatic N) is 4. The number of hydrogen-bond acceptors (Lipinski definition) is 8. The second-order valence-electron chi connectivity index (χ2n) is 15.2. The maximum absolute atomic E-state index is 14.2. The third kappa shape index (κ3) is 8.47. The zero-order valence-electron chi connectivity index (χ0n) is 33.5. The number of amides is 4. The van der Waals surface area contributed by atoms with Gasteiger partial charge in [-0.25, -0.2) is 14.8 Å². The van der Waals surface area contributed by atoms with Crippen molar-refractivity contribution in [3.05, 3.63) is 102 Å². The second kappa shape index (κ2) is 17.0. The Morgan fingerprint density at radius 3 is 2.44 bits per heavy atom. The van der Waals surface area contributed by atoms with Gasteiger partial charge in [0.15, 0.2) is 0 Å². The molecule has 3 heterocycles. The van der Waals surface area contributed by atoms with Gasteiger partial charge in [-0.1, -0.05) is 62.4 Å². The molecule has 6 aromatic rings.